The number of rotatable bonds is 5. The van der Waals surface area contributed by atoms with Crippen LogP contribution in [-0.4, -0.2) is 6.04 Å². The molecule has 1 heterocycles. The van der Waals surface area contributed by atoms with Crippen LogP contribution in [0.25, 0.3) is 0 Å². The summed E-state index contributed by atoms with van der Waals surface area (Å²) in [5.74, 6) is 2.02. The lowest BCUT2D eigenvalue weighted by Gasteiger charge is -2.18. The maximum Gasteiger partial charge on any atom is 0.120 e. The van der Waals surface area contributed by atoms with Crippen molar-refractivity contribution in [2.75, 3.05) is 0 Å². The third kappa shape index (κ3) is 2.61. The van der Waals surface area contributed by atoms with Gasteiger partial charge in [0.25, 0.3) is 0 Å². The van der Waals surface area contributed by atoms with Crippen molar-refractivity contribution in [3.63, 3.8) is 0 Å². The topological polar surface area (TPSA) is 25.2 Å². The molecule has 2 unspecified atom stereocenters. The molecule has 1 saturated carbocycles. The standard InChI is InChI=1S/C12H19NO/c1-9(8-11-5-6-11)13-10(2)12-4-3-7-14-12/h3-4,7,9-11,13H,5-6,8H2,1-2H3. The highest BCUT2D eigenvalue weighted by atomic mass is 16.3. The first-order valence-corrected chi connectivity index (χ1v) is 5.55. The van der Waals surface area contributed by atoms with E-state index in [1.807, 2.05) is 12.1 Å². The molecule has 2 rings (SSSR count). The fourth-order valence-corrected chi connectivity index (χ4v) is 1.97. The van der Waals surface area contributed by atoms with Crippen LogP contribution in [0.5, 0.6) is 0 Å². The van der Waals surface area contributed by atoms with Gasteiger partial charge in [-0.2, -0.15) is 0 Å². The fraction of sp³-hybridized carbons (Fsp3) is 0.667. The van der Waals surface area contributed by atoms with E-state index >= 15 is 0 Å². The minimum Gasteiger partial charge on any atom is -0.468 e. The largest absolute Gasteiger partial charge is 0.468 e. The molecule has 2 nitrogen and oxygen atoms in total. The second kappa shape index (κ2) is 4.18. The Kier molecular flexibility index (Phi) is 2.92. The first kappa shape index (κ1) is 9.78. The summed E-state index contributed by atoms with van der Waals surface area (Å²) in [5.41, 5.74) is 0. The third-order valence-electron chi connectivity index (χ3n) is 2.89. The monoisotopic (exact) mass is 193 g/mol. The Bertz CT molecular complexity index is 264. The molecule has 14 heavy (non-hydrogen) atoms. The van der Waals surface area contributed by atoms with Crippen LogP contribution in [0.15, 0.2) is 22.8 Å². The van der Waals surface area contributed by atoms with Crippen molar-refractivity contribution in [1.29, 1.82) is 0 Å². The van der Waals surface area contributed by atoms with Crippen molar-refractivity contribution in [3.05, 3.63) is 24.2 Å². The molecule has 2 heteroatoms. The first-order chi connectivity index (χ1) is 6.75. The van der Waals surface area contributed by atoms with E-state index in [1.165, 1.54) is 19.3 Å². The predicted molar refractivity (Wildman–Crippen MR) is 57.1 cm³/mol. The molecule has 2 atom stereocenters. The van der Waals surface area contributed by atoms with Gasteiger partial charge in [0.15, 0.2) is 0 Å². The van der Waals surface area contributed by atoms with E-state index in [-0.39, 0.29) is 0 Å². The van der Waals surface area contributed by atoms with Gasteiger partial charge in [0, 0.05) is 6.04 Å². The first-order valence-electron chi connectivity index (χ1n) is 5.55. The Balaban J connectivity index is 1.78. The molecular formula is C12H19NO. The third-order valence-corrected chi connectivity index (χ3v) is 2.89. The summed E-state index contributed by atoms with van der Waals surface area (Å²) in [6.07, 6.45) is 5.91. The minimum atomic E-state index is 0.332. The van der Waals surface area contributed by atoms with Crippen molar-refractivity contribution in [2.24, 2.45) is 5.92 Å². The molecular weight excluding hydrogens is 174 g/mol. The Morgan fingerprint density at radius 2 is 2.29 bits per heavy atom. The lowest BCUT2D eigenvalue weighted by Crippen LogP contribution is -2.29. The summed E-state index contributed by atoms with van der Waals surface area (Å²) in [6, 6.07) is 4.90. The number of furan rings is 1. The normalized spacial score (nSPS) is 20.7. The number of hydrogen-bond acceptors (Lipinski definition) is 2. The van der Waals surface area contributed by atoms with Gasteiger partial charge in [-0.05, 0) is 38.3 Å². The van der Waals surface area contributed by atoms with Crippen LogP contribution in [0.1, 0.15) is 44.9 Å². The molecule has 1 aromatic rings. The van der Waals surface area contributed by atoms with E-state index in [4.69, 9.17) is 4.42 Å². The molecule has 0 aromatic carbocycles. The van der Waals surface area contributed by atoms with Gasteiger partial charge in [-0.1, -0.05) is 12.8 Å². The summed E-state index contributed by atoms with van der Waals surface area (Å²) in [5, 5.41) is 3.56. The van der Waals surface area contributed by atoms with Crippen LogP contribution in [0.4, 0.5) is 0 Å². The molecule has 0 bridgehead atoms. The summed E-state index contributed by atoms with van der Waals surface area (Å²) in [6.45, 7) is 4.42. The van der Waals surface area contributed by atoms with Gasteiger partial charge in [-0.25, -0.2) is 0 Å². The quantitative estimate of drug-likeness (QED) is 0.777. The smallest absolute Gasteiger partial charge is 0.120 e. The molecule has 1 aliphatic carbocycles. The highest BCUT2D eigenvalue weighted by Gasteiger charge is 2.24. The van der Waals surface area contributed by atoms with Crippen molar-refractivity contribution in [2.45, 2.75) is 45.2 Å². The Morgan fingerprint density at radius 1 is 1.50 bits per heavy atom. The van der Waals surface area contributed by atoms with Crippen molar-refractivity contribution in [3.8, 4) is 0 Å². The SMILES string of the molecule is CC(CC1CC1)NC(C)c1ccco1. The lowest BCUT2D eigenvalue weighted by molar-refractivity contribution is 0.381. The fourth-order valence-electron chi connectivity index (χ4n) is 1.97. The van der Waals surface area contributed by atoms with E-state index in [1.54, 1.807) is 6.26 Å². The number of nitrogens with one attached hydrogen (secondary N) is 1. The second-order valence-electron chi connectivity index (χ2n) is 4.48. The molecule has 78 valence electrons. The van der Waals surface area contributed by atoms with E-state index in [9.17, 15) is 0 Å². The van der Waals surface area contributed by atoms with Crippen LogP contribution in [0.3, 0.4) is 0 Å². The summed E-state index contributed by atoms with van der Waals surface area (Å²) >= 11 is 0. The molecule has 1 aliphatic rings. The molecule has 0 aliphatic heterocycles. The summed E-state index contributed by atoms with van der Waals surface area (Å²) < 4.78 is 5.35. The molecule has 0 amide bonds. The predicted octanol–water partition coefficient (Wildman–Crippen LogP) is 3.12. The average molecular weight is 193 g/mol. The molecule has 1 N–H and O–H groups in total. The molecule has 1 aromatic heterocycles. The highest BCUT2D eigenvalue weighted by Crippen LogP contribution is 2.33. The van der Waals surface area contributed by atoms with Crippen LogP contribution < -0.4 is 5.32 Å². The van der Waals surface area contributed by atoms with Crippen molar-refractivity contribution >= 4 is 0 Å². The van der Waals surface area contributed by atoms with Gasteiger partial charge in [0.2, 0.25) is 0 Å². The van der Waals surface area contributed by atoms with E-state index in [2.05, 4.69) is 19.2 Å². The van der Waals surface area contributed by atoms with Gasteiger partial charge in [0.1, 0.15) is 5.76 Å². The van der Waals surface area contributed by atoms with Gasteiger partial charge in [-0.15, -0.1) is 0 Å². The van der Waals surface area contributed by atoms with Gasteiger partial charge >= 0.3 is 0 Å². The van der Waals surface area contributed by atoms with Crippen molar-refractivity contribution < 1.29 is 4.42 Å². The molecule has 0 radical (unpaired) electrons. The summed E-state index contributed by atoms with van der Waals surface area (Å²) in [4.78, 5) is 0. The highest BCUT2D eigenvalue weighted by molar-refractivity contribution is 5.03. The van der Waals surface area contributed by atoms with Crippen LogP contribution in [-0.2, 0) is 0 Å². The lowest BCUT2D eigenvalue weighted by atomic mass is 10.1. The van der Waals surface area contributed by atoms with Gasteiger partial charge in [-0.3, -0.25) is 0 Å². The van der Waals surface area contributed by atoms with E-state index in [0.29, 0.717) is 12.1 Å². The Hall–Kier alpha value is -0.760. The van der Waals surface area contributed by atoms with Crippen LogP contribution >= 0.6 is 0 Å². The zero-order valence-corrected chi connectivity index (χ0v) is 8.99. The zero-order valence-electron chi connectivity index (χ0n) is 8.99. The zero-order chi connectivity index (χ0) is 9.97. The van der Waals surface area contributed by atoms with Gasteiger partial charge in [0.05, 0.1) is 12.3 Å². The van der Waals surface area contributed by atoms with Crippen LogP contribution in [0, 0.1) is 5.92 Å². The second-order valence-corrected chi connectivity index (χ2v) is 4.48. The van der Waals surface area contributed by atoms with E-state index in [0.717, 1.165) is 11.7 Å². The average Bonchev–Trinajstić information content (AvgIpc) is 2.80. The maximum atomic E-state index is 5.35. The maximum absolute atomic E-state index is 5.35. The number of hydrogen-bond donors (Lipinski definition) is 1. The summed E-state index contributed by atoms with van der Waals surface area (Å²) in [7, 11) is 0. The molecule has 1 fully saturated rings. The van der Waals surface area contributed by atoms with Crippen LogP contribution in [0.2, 0.25) is 0 Å². The molecule has 0 spiro atoms. The minimum absolute atomic E-state index is 0.332. The van der Waals surface area contributed by atoms with Gasteiger partial charge < -0.3 is 9.73 Å². The van der Waals surface area contributed by atoms with Crippen molar-refractivity contribution in [1.82, 2.24) is 5.32 Å². The molecule has 0 saturated heterocycles. The Labute approximate surface area is 85.7 Å². The van der Waals surface area contributed by atoms with E-state index < -0.39 is 0 Å². The Morgan fingerprint density at radius 3 is 2.86 bits per heavy atom.